The first kappa shape index (κ1) is 12.0. The van der Waals surface area contributed by atoms with Crippen LogP contribution < -0.4 is 5.32 Å². The van der Waals surface area contributed by atoms with Gasteiger partial charge in [-0.2, -0.15) is 0 Å². The number of likely N-dealkylation sites (N-methyl/N-ethyl adjacent to an activating group) is 1. The summed E-state index contributed by atoms with van der Waals surface area (Å²) in [5.41, 5.74) is 0.412. The smallest absolute Gasteiger partial charge is 0.0221 e. The van der Waals surface area contributed by atoms with Crippen molar-refractivity contribution in [3.8, 4) is 0 Å². The van der Waals surface area contributed by atoms with Gasteiger partial charge in [-0.25, -0.2) is 0 Å². The van der Waals surface area contributed by atoms with E-state index in [2.05, 4.69) is 37.9 Å². The van der Waals surface area contributed by atoms with E-state index in [9.17, 15) is 0 Å². The number of nitrogens with one attached hydrogen (secondary N) is 1. The first-order chi connectivity index (χ1) is 6.53. The Morgan fingerprint density at radius 2 is 2.07 bits per heavy atom. The molecule has 0 bridgehead atoms. The highest BCUT2D eigenvalue weighted by molar-refractivity contribution is 4.80. The van der Waals surface area contributed by atoms with Gasteiger partial charge in [0.15, 0.2) is 0 Å². The van der Waals surface area contributed by atoms with Crippen molar-refractivity contribution in [2.24, 2.45) is 5.41 Å². The van der Waals surface area contributed by atoms with Crippen molar-refractivity contribution in [2.75, 3.05) is 26.2 Å². The molecule has 1 unspecified atom stereocenters. The van der Waals surface area contributed by atoms with Crippen LogP contribution in [-0.2, 0) is 0 Å². The molecule has 0 aromatic heterocycles. The Kier molecular flexibility index (Phi) is 4.39. The van der Waals surface area contributed by atoms with Gasteiger partial charge in [-0.05, 0) is 31.3 Å². The normalized spacial score (nSPS) is 24.4. The van der Waals surface area contributed by atoms with E-state index in [0.29, 0.717) is 5.41 Å². The van der Waals surface area contributed by atoms with Gasteiger partial charge >= 0.3 is 0 Å². The summed E-state index contributed by atoms with van der Waals surface area (Å²) in [5, 5.41) is 3.59. The van der Waals surface area contributed by atoms with Gasteiger partial charge in [0.25, 0.3) is 0 Å². The Bertz CT molecular complexity index is 160. The van der Waals surface area contributed by atoms with E-state index in [1.807, 2.05) is 0 Å². The lowest BCUT2D eigenvalue weighted by molar-refractivity contribution is 0.251. The van der Waals surface area contributed by atoms with Crippen LogP contribution in [0, 0.1) is 5.41 Å². The molecule has 0 saturated carbocycles. The lowest BCUT2D eigenvalue weighted by Crippen LogP contribution is -2.40. The SMILES string of the molecule is CCN1CCCC1CNCC(C)(C)C. The molecule has 1 aliphatic heterocycles. The molecule has 1 rings (SSSR count). The predicted octanol–water partition coefficient (Wildman–Crippen LogP) is 2.11. The molecule has 2 nitrogen and oxygen atoms in total. The lowest BCUT2D eigenvalue weighted by Gasteiger charge is -2.25. The van der Waals surface area contributed by atoms with E-state index >= 15 is 0 Å². The maximum absolute atomic E-state index is 3.59. The topological polar surface area (TPSA) is 15.3 Å². The van der Waals surface area contributed by atoms with Gasteiger partial charge in [0, 0.05) is 19.1 Å². The average Bonchev–Trinajstić information content (AvgIpc) is 2.49. The Morgan fingerprint density at radius 3 is 2.64 bits per heavy atom. The van der Waals surface area contributed by atoms with Crippen LogP contribution in [-0.4, -0.2) is 37.1 Å². The fraction of sp³-hybridized carbons (Fsp3) is 1.00. The molecule has 0 aromatic carbocycles. The second-order valence-electron chi connectivity index (χ2n) is 5.62. The number of hydrogen-bond acceptors (Lipinski definition) is 2. The maximum atomic E-state index is 3.59. The number of hydrogen-bond donors (Lipinski definition) is 1. The summed E-state index contributed by atoms with van der Waals surface area (Å²) >= 11 is 0. The first-order valence-electron chi connectivity index (χ1n) is 5.97. The van der Waals surface area contributed by atoms with Crippen molar-refractivity contribution in [3.05, 3.63) is 0 Å². The minimum Gasteiger partial charge on any atom is -0.315 e. The largest absolute Gasteiger partial charge is 0.315 e. The van der Waals surface area contributed by atoms with Gasteiger partial charge in [0.05, 0.1) is 0 Å². The van der Waals surface area contributed by atoms with Crippen LogP contribution in [0.15, 0.2) is 0 Å². The number of rotatable bonds is 4. The predicted molar refractivity (Wildman–Crippen MR) is 62.6 cm³/mol. The third-order valence-electron chi connectivity index (χ3n) is 2.94. The molecule has 0 aliphatic carbocycles. The molecule has 1 atom stereocenters. The fourth-order valence-corrected chi connectivity index (χ4v) is 2.16. The van der Waals surface area contributed by atoms with Crippen molar-refractivity contribution >= 4 is 0 Å². The number of nitrogens with zero attached hydrogens (tertiary/aromatic N) is 1. The molecule has 1 saturated heterocycles. The first-order valence-corrected chi connectivity index (χ1v) is 5.97. The van der Waals surface area contributed by atoms with Crippen LogP contribution in [0.2, 0.25) is 0 Å². The molecule has 1 fully saturated rings. The third-order valence-corrected chi connectivity index (χ3v) is 2.94. The summed E-state index contributed by atoms with van der Waals surface area (Å²) in [6.07, 6.45) is 2.76. The van der Waals surface area contributed by atoms with E-state index in [1.54, 1.807) is 0 Å². The Balaban J connectivity index is 2.18. The standard InChI is InChI=1S/C12H26N2/c1-5-14-8-6-7-11(14)9-13-10-12(2,3)4/h11,13H,5-10H2,1-4H3. The third kappa shape index (κ3) is 3.97. The molecular formula is C12H26N2. The zero-order valence-electron chi connectivity index (χ0n) is 10.3. The summed E-state index contributed by atoms with van der Waals surface area (Å²) in [6, 6.07) is 0.794. The second kappa shape index (κ2) is 5.13. The average molecular weight is 198 g/mol. The highest BCUT2D eigenvalue weighted by Crippen LogP contribution is 2.16. The molecule has 14 heavy (non-hydrogen) atoms. The van der Waals surface area contributed by atoms with Crippen LogP contribution >= 0.6 is 0 Å². The molecule has 84 valence electrons. The molecule has 1 aliphatic rings. The van der Waals surface area contributed by atoms with Crippen molar-refractivity contribution in [3.63, 3.8) is 0 Å². The monoisotopic (exact) mass is 198 g/mol. The van der Waals surface area contributed by atoms with E-state index in [4.69, 9.17) is 0 Å². The molecule has 1 N–H and O–H groups in total. The summed E-state index contributed by atoms with van der Waals surface area (Å²) in [4.78, 5) is 2.59. The van der Waals surface area contributed by atoms with Gasteiger partial charge in [-0.1, -0.05) is 27.7 Å². The van der Waals surface area contributed by atoms with Gasteiger partial charge < -0.3 is 5.32 Å². The molecular weight excluding hydrogens is 172 g/mol. The van der Waals surface area contributed by atoms with Gasteiger partial charge in [0.2, 0.25) is 0 Å². The lowest BCUT2D eigenvalue weighted by atomic mass is 9.97. The summed E-state index contributed by atoms with van der Waals surface area (Å²) in [6.45, 7) is 13.9. The number of likely N-dealkylation sites (tertiary alicyclic amines) is 1. The highest BCUT2D eigenvalue weighted by atomic mass is 15.2. The molecule has 0 spiro atoms. The zero-order valence-corrected chi connectivity index (χ0v) is 10.3. The van der Waals surface area contributed by atoms with E-state index in [0.717, 1.165) is 12.6 Å². The van der Waals surface area contributed by atoms with E-state index < -0.39 is 0 Å². The Morgan fingerprint density at radius 1 is 1.36 bits per heavy atom. The molecule has 0 aromatic rings. The quantitative estimate of drug-likeness (QED) is 0.744. The van der Waals surface area contributed by atoms with Crippen LogP contribution in [0.4, 0.5) is 0 Å². The summed E-state index contributed by atoms with van der Waals surface area (Å²) < 4.78 is 0. The second-order valence-corrected chi connectivity index (χ2v) is 5.62. The van der Waals surface area contributed by atoms with Crippen molar-refractivity contribution in [1.82, 2.24) is 10.2 Å². The molecule has 0 amide bonds. The van der Waals surface area contributed by atoms with Crippen molar-refractivity contribution in [2.45, 2.75) is 46.6 Å². The minimum absolute atomic E-state index is 0.412. The summed E-state index contributed by atoms with van der Waals surface area (Å²) in [7, 11) is 0. The molecule has 0 radical (unpaired) electrons. The van der Waals surface area contributed by atoms with Crippen molar-refractivity contribution in [1.29, 1.82) is 0 Å². The maximum Gasteiger partial charge on any atom is 0.0221 e. The van der Waals surface area contributed by atoms with Crippen LogP contribution in [0.1, 0.15) is 40.5 Å². The fourth-order valence-electron chi connectivity index (χ4n) is 2.16. The van der Waals surface area contributed by atoms with Crippen LogP contribution in [0.3, 0.4) is 0 Å². The molecule has 2 heteroatoms. The van der Waals surface area contributed by atoms with Gasteiger partial charge in [0.1, 0.15) is 0 Å². The van der Waals surface area contributed by atoms with Gasteiger partial charge in [-0.15, -0.1) is 0 Å². The van der Waals surface area contributed by atoms with Gasteiger partial charge in [-0.3, -0.25) is 4.90 Å². The summed E-state index contributed by atoms with van der Waals surface area (Å²) in [5.74, 6) is 0. The Labute approximate surface area is 89.1 Å². The van der Waals surface area contributed by atoms with Crippen LogP contribution in [0.25, 0.3) is 0 Å². The zero-order chi connectivity index (χ0) is 10.6. The van der Waals surface area contributed by atoms with E-state index in [-0.39, 0.29) is 0 Å². The minimum atomic E-state index is 0.412. The highest BCUT2D eigenvalue weighted by Gasteiger charge is 2.22. The van der Waals surface area contributed by atoms with Crippen LogP contribution in [0.5, 0.6) is 0 Å². The van der Waals surface area contributed by atoms with Crippen molar-refractivity contribution < 1.29 is 0 Å². The Hall–Kier alpha value is -0.0800. The van der Waals surface area contributed by atoms with E-state index in [1.165, 1.54) is 32.5 Å². The molecule has 1 heterocycles.